The van der Waals surface area contributed by atoms with E-state index in [1.54, 1.807) is 0 Å². The lowest BCUT2D eigenvalue weighted by atomic mass is 10.2. The summed E-state index contributed by atoms with van der Waals surface area (Å²) < 4.78 is 34.8. The molecule has 7 nitrogen and oxygen atoms in total. The maximum absolute atomic E-state index is 5.98. The molecule has 0 bridgehead atoms. The maximum atomic E-state index is 5.98. The quantitative estimate of drug-likeness (QED) is 0.717. The van der Waals surface area contributed by atoms with Gasteiger partial charge in [-0.3, -0.25) is 0 Å². The molecule has 0 aromatic heterocycles. The maximum Gasteiger partial charge on any atom is 0.163 e. The number of nitrogens with zero attached hydrogens (tertiary/aromatic N) is 1. The molecule has 1 aliphatic rings. The zero-order valence-corrected chi connectivity index (χ0v) is 18.7. The molecule has 0 saturated heterocycles. The average Bonchev–Trinajstić information content (AvgIpc) is 2.78. The Kier molecular flexibility index (Phi) is 9.12. The van der Waals surface area contributed by atoms with Crippen molar-refractivity contribution in [2.75, 3.05) is 64.8 Å². The molecule has 0 saturated carbocycles. The average molecular weight is 432 g/mol. The molecule has 0 fully saturated rings. The molecule has 1 heterocycles. The van der Waals surface area contributed by atoms with Crippen LogP contribution in [-0.2, 0) is 9.47 Å². The minimum atomic E-state index is 0.377. The molecule has 0 unspecified atom stereocenters. The SMILES string of the molecule is CC(C)N(C)c1ccc2c(c1)OCCOCCOc1ccccc1OCCOCCO2. The molecule has 0 spiro atoms. The predicted molar refractivity (Wildman–Crippen MR) is 120 cm³/mol. The third-order valence-corrected chi connectivity index (χ3v) is 4.90. The topological polar surface area (TPSA) is 58.6 Å². The summed E-state index contributed by atoms with van der Waals surface area (Å²) in [5.41, 5.74) is 1.07. The molecule has 2 aromatic carbocycles. The van der Waals surface area contributed by atoms with Gasteiger partial charge in [-0.2, -0.15) is 0 Å². The Balaban J connectivity index is 1.62. The zero-order valence-electron chi connectivity index (χ0n) is 18.7. The molecule has 0 N–H and O–H groups in total. The molecule has 2 aromatic rings. The third kappa shape index (κ3) is 7.22. The summed E-state index contributed by atoms with van der Waals surface area (Å²) in [5.74, 6) is 2.78. The molecule has 0 aliphatic carbocycles. The molecule has 170 valence electrons. The standard InChI is InChI=1S/C24H33NO6/c1-19(2)25(3)20-8-9-23-24(18-20)31-17-13-27-11-15-29-22-7-5-4-6-21(22)28-14-10-26-12-16-30-23/h4-9,18-19H,10-17H2,1-3H3. The third-order valence-electron chi connectivity index (χ3n) is 4.90. The Hall–Kier alpha value is -2.64. The van der Waals surface area contributed by atoms with E-state index in [4.69, 9.17) is 28.4 Å². The van der Waals surface area contributed by atoms with Crippen LogP contribution in [0.2, 0.25) is 0 Å². The van der Waals surface area contributed by atoms with E-state index in [0.29, 0.717) is 81.9 Å². The highest BCUT2D eigenvalue weighted by molar-refractivity contribution is 5.56. The summed E-state index contributed by atoms with van der Waals surface area (Å²) in [5, 5.41) is 0. The Morgan fingerprint density at radius 2 is 1.06 bits per heavy atom. The smallest absolute Gasteiger partial charge is 0.163 e. The van der Waals surface area contributed by atoms with Crippen LogP contribution in [-0.4, -0.2) is 65.9 Å². The fourth-order valence-corrected chi connectivity index (χ4v) is 2.98. The minimum Gasteiger partial charge on any atom is -0.487 e. The summed E-state index contributed by atoms with van der Waals surface area (Å²) in [6.45, 7) is 7.83. The van der Waals surface area contributed by atoms with E-state index >= 15 is 0 Å². The van der Waals surface area contributed by atoms with E-state index in [0.717, 1.165) is 5.69 Å². The fourth-order valence-electron chi connectivity index (χ4n) is 2.98. The summed E-state index contributed by atoms with van der Waals surface area (Å²) in [4.78, 5) is 2.18. The number of benzene rings is 2. The van der Waals surface area contributed by atoms with Crippen molar-refractivity contribution in [2.24, 2.45) is 0 Å². The second-order valence-corrected chi connectivity index (χ2v) is 7.40. The largest absolute Gasteiger partial charge is 0.487 e. The van der Waals surface area contributed by atoms with Gasteiger partial charge < -0.3 is 33.3 Å². The Labute approximate surface area is 184 Å². The predicted octanol–water partition coefficient (Wildman–Crippen LogP) is 3.79. The van der Waals surface area contributed by atoms with E-state index < -0.39 is 0 Å². The molecule has 0 radical (unpaired) electrons. The van der Waals surface area contributed by atoms with Crippen molar-refractivity contribution in [1.29, 1.82) is 0 Å². The number of para-hydroxylation sites is 2. The van der Waals surface area contributed by atoms with Crippen LogP contribution >= 0.6 is 0 Å². The number of hydrogen-bond acceptors (Lipinski definition) is 7. The highest BCUT2D eigenvalue weighted by atomic mass is 16.6. The van der Waals surface area contributed by atoms with E-state index in [2.05, 4.69) is 25.8 Å². The van der Waals surface area contributed by atoms with Crippen molar-refractivity contribution in [1.82, 2.24) is 0 Å². The van der Waals surface area contributed by atoms with E-state index in [1.165, 1.54) is 0 Å². The van der Waals surface area contributed by atoms with Crippen LogP contribution in [0.5, 0.6) is 23.0 Å². The molecule has 31 heavy (non-hydrogen) atoms. The summed E-state index contributed by atoms with van der Waals surface area (Å²) in [7, 11) is 2.06. The molecular weight excluding hydrogens is 398 g/mol. The molecule has 0 amide bonds. The van der Waals surface area contributed by atoms with Gasteiger partial charge >= 0.3 is 0 Å². The van der Waals surface area contributed by atoms with Crippen LogP contribution in [0.4, 0.5) is 5.69 Å². The van der Waals surface area contributed by atoms with E-state index in [1.807, 2.05) is 42.5 Å². The van der Waals surface area contributed by atoms with Crippen molar-refractivity contribution < 1.29 is 28.4 Å². The first-order valence-corrected chi connectivity index (χ1v) is 10.8. The Morgan fingerprint density at radius 3 is 1.55 bits per heavy atom. The van der Waals surface area contributed by atoms with Crippen LogP contribution < -0.4 is 23.8 Å². The monoisotopic (exact) mass is 431 g/mol. The number of anilines is 1. The first-order valence-electron chi connectivity index (χ1n) is 10.8. The summed E-state index contributed by atoms with van der Waals surface area (Å²) >= 11 is 0. The number of hydrogen-bond donors (Lipinski definition) is 0. The van der Waals surface area contributed by atoms with Gasteiger partial charge in [-0.25, -0.2) is 0 Å². The van der Waals surface area contributed by atoms with Crippen molar-refractivity contribution in [3.63, 3.8) is 0 Å². The van der Waals surface area contributed by atoms with Crippen LogP contribution in [0.25, 0.3) is 0 Å². The lowest BCUT2D eigenvalue weighted by molar-refractivity contribution is 0.0640. The van der Waals surface area contributed by atoms with Gasteiger partial charge in [0.15, 0.2) is 23.0 Å². The van der Waals surface area contributed by atoms with Gasteiger partial charge in [0.05, 0.1) is 26.4 Å². The van der Waals surface area contributed by atoms with Gasteiger partial charge in [0.2, 0.25) is 0 Å². The second kappa shape index (κ2) is 12.3. The number of fused-ring (bicyclic) bond motifs is 2. The number of rotatable bonds is 2. The highest BCUT2D eigenvalue weighted by Gasteiger charge is 2.12. The van der Waals surface area contributed by atoms with Crippen molar-refractivity contribution in [3.8, 4) is 23.0 Å². The first-order chi connectivity index (χ1) is 15.1. The van der Waals surface area contributed by atoms with Crippen molar-refractivity contribution >= 4 is 5.69 Å². The van der Waals surface area contributed by atoms with Crippen LogP contribution in [0, 0.1) is 0 Å². The minimum absolute atomic E-state index is 0.377. The zero-order chi connectivity index (χ0) is 21.9. The molecular formula is C24H33NO6. The van der Waals surface area contributed by atoms with Gasteiger partial charge in [-0.15, -0.1) is 0 Å². The Bertz CT molecular complexity index is 797. The van der Waals surface area contributed by atoms with Gasteiger partial charge in [0.25, 0.3) is 0 Å². The molecule has 3 rings (SSSR count). The lowest BCUT2D eigenvalue weighted by Crippen LogP contribution is -2.25. The second-order valence-electron chi connectivity index (χ2n) is 7.40. The van der Waals surface area contributed by atoms with Crippen LogP contribution in [0.3, 0.4) is 0 Å². The summed E-state index contributed by atoms with van der Waals surface area (Å²) in [6, 6.07) is 14.0. The van der Waals surface area contributed by atoms with Crippen molar-refractivity contribution in [2.45, 2.75) is 19.9 Å². The van der Waals surface area contributed by atoms with Gasteiger partial charge in [-0.05, 0) is 38.1 Å². The lowest BCUT2D eigenvalue weighted by Gasteiger charge is -2.25. The summed E-state index contributed by atoms with van der Waals surface area (Å²) in [6.07, 6.45) is 0. The van der Waals surface area contributed by atoms with Gasteiger partial charge in [-0.1, -0.05) is 12.1 Å². The van der Waals surface area contributed by atoms with Gasteiger partial charge in [0.1, 0.15) is 26.4 Å². The first kappa shape index (κ1) is 23.0. The molecule has 7 heteroatoms. The Morgan fingerprint density at radius 1 is 0.613 bits per heavy atom. The molecule has 0 atom stereocenters. The van der Waals surface area contributed by atoms with Crippen molar-refractivity contribution in [3.05, 3.63) is 42.5 Å². The highest BCUT2D eigenvalue weighted by Crippen LogP contribution is 2.32. The van der Waals surface area contributed by atoms with Crippen LogP contribution in [0.15, 0.2) is 42.5 Å². The normalized spacial score (nSPS) is 16.3. The fraction of sp³-hybridized carbons (Fsp3) is 0.500. The van der Waals surface area contributed by atoms with E-state index in [-0.39, 0.29) is 0 Å². The number of ether oxygens (including phenoxy) is 6. The molecule has 1 aliphatic heterocycles. The van der Waals surface area contributed by atoms with Gasteiger partial charge in [0, 0.05) is 24.8 Å². The van der Waals surface area contributed by atoms with Crippen LogP contribution in [0.1, 0.15) is 13.8 Å². The van der Waals surface area contributed by atoms with E-state index in [9.17, 15) is 0 Å².